The lowest BCUT2D eigenvalue weighted by Gasteiger charge is -2.34. The molecule has 1 saturated heterocycles. The Morgan fingerprint density at radius 3 is 3.11 bits per heavy atom. The normalized spacial score (nSPS) is 19.9. The third-order valence-electron chi connectivity index (χ3n) is 2.91. The number of amides is 1. The molecular weight excluding hydrogens is 239 g/mol. The van der Waals surface area contributed by atoms with E-state index in [1.165, 1.54) is 6.33 Å². The third-order valence-corrected chi connectivity index (χ3v) is 2.91. The number of primary amides is 1. The van der Waals surface area contributed by atoms with Crippen molar-refractivity contribution in [2.45, 2.75) is 19.4 Å². The second kappa shape index (κ2) is 5.26. The van der Waals surface area contributed by atoms with Crippen LogP contribution in [-0.4, -0.2) is 41.7 Å². The highest BCUT2D eigenvalue weighted by Gasteiger charge is 2.31. The molecule has 0 unspecified atom stereocenters. The van der Waals surface area contributed by atoms with E-state index in [0.717, 1.165) is 0 Å². The van der Waals surface area contributed by atoms with Crippen LogP contribution in [0.3, 0.4) is 0 Å². The first-order valence-corrected chi connectivity index (χ1v) is 5.78. The van der Waals surface area contributed by atoms with Gasteiger partial charge in [0.15, 0.2) is 11.6 Å². The number of rotatable bonds is 3. The van der Waals surface area contributed by atoms with Crippen LogP contribution in [0.25, 0.3) is 0 Å². The zero-order valence-corrected chi connectivity index (χ0v) is 10.1. The van der Waals surface area contributed by atoms with Crippen molar-refractivity contribution < 1.29 is 13.9 Å². The summed E-state index contributed by atoms with van der Waals surface area (Å²) in [5.74, 6) is -0.923. The van der Waals surface area contributed by atoms with Gasteiger partial charge in [-0.1, -0.05) is 6.92 Å². The zero-order chi connectivity index (χ0) is 13.1. The van der Waals surface area contributed by atoms with Crippen LogP contribution in [0.2, 0.25) is 0 Å². The van der Waals surface area contributed by atoms with Gasteiger partial charge in [-0.2, -0.15) is 0 Å². The summed E-state index contributed by atoms with van der Waals surface area (Å²) < 4.78 is 19.3. The molecule has 0 bridgehead atoms. The maximum Gasteiger partial charge on any atom is 0.242 e. The molecule has 0 saturated carbocycles. The van der Waals surface area contributed by atoms with E-state index in [2.05, 4.69) is 9.97 Å². The van der Waals surface area contributed by atoms with Gasteiger partial charge in [0.1, 0.15) is 12.4 Å². The number of aromatic nitrogens is 2. The zero-order valence-electron chi connectivity index (χ0n) is 10.1. The molecule has 1 aliphatic heterocycles. The van der Waals surface area contributed by atoms with Crippen molar-refractivity contribution in [1.29, 1.82) is 0 Å². The van der Waals surface area contributed by atoms with Crippen molar-refractivity contribution in [3.8, 4) is 0 Å². The number of nitrogens with zero attached hydrogens (tertiary/aromatic N) is 3. The van der Waals surface area contributed by atoms with E-state index in [4.69, 9.17) is 10.5 Å². The fraction of sp³-hybridized carbons (Fsp3) is 0.545. The summed E-state index contributed by atoms with van der Waals surface area (Å²) in [6, 6.07) is -0.687. The topological polar surface area (TPSA) is 81.3 Å². The van der Waals surface area contributed by atoms with Gasteiger partial charge in [0.2, 0.25) is 5.91 Å². The molecule has 98 valence electrons. The second-order valence-corrected chi connectivity index (χ2v) is 4.00. The number of carbonyl (C=O) groups is 1. The lowest BCUT2D eigenvalue weighted by Crippen LogP contribution is -2.53. The number of halogens is 1. The van der Waals surface area contributed by atoms with Crippen molar-refractivity contribution in [3.05, 3.63) is 17.8 Å². The lowest BCUT2D eigenvalue weighted by molar-refractivity contribution is -0.121. The van der Waals surface area contributed by atoms with Crippen LogP contribution in [0.4, 0.5) is 10.2 Å². The molecule has 0 aliphatic carbocycles. The van der Waals surface area contributed by atoms with Gasteiger partial charge in [-0.05, 0) is 6.42 Å². The first-order chi connectivity index (χ1) is 8.65. The van der Waals surface area contributed by atoms with Crippen molar-refractivity contribution in [2.75, 3.05) is 24.7 Å². The molecule has 0 aromatic carbocycles. The molecule has 1 fully saturated rings. The Morgan fingerprint density at radius 1 is 1.67 bits per heavy atom. The van der Waals surface area contributed by atoms with E-state index < -0.39 is 17.8 Å². The van der Waals surface area contributed by atoms with Crippen molar-refractivity contribution >= 4 is 11.7 Å². The van der Waals surface area contributed by atoms with E-state index in [9.17, 15) is 9.18 Å². The maximum atomic E-state index is 14.1. The van der Waals surface area contributed by atoms with Crippen LogP contribution in [0.1, 0.15) is 12.6 Å². The molecule has 1 amide bonds. The maximum absolute atomic E-state index is 14.1. The van der Waals surface area contributed by atoms with Gasteiger partial charge in [0.25, 0.3) is 0 Å². The smallest absolute Gasteiger partial charge is 0.242 e. The molecule has 2 N–H and O–H groups in total. The standard InChI is InChI=1S/C11H15FN4O2/c1-2-7-9(12)11(15-6-14-7)16-3-4-18-5-8(16)10(13)17/h6,8H,2-5H2,1H3,(H2,13,17)/t8-/m1/s1. The number of hydrogen-bond donors (Lipinski definition) is 1. The predicted molar refractivity (Wildman–Crippen MR) is 62.5 cm³/mol. The Hall–Kier alpha value is -1.76. The molecule has 7 heteroatoms. The number of aryl methyl sites for hydroxylation is 1. The summed E-state index contributed by atoms with van der Waals surface area (Å²) in [5.41, 5.74) is 5.62. The number of ether oxygens (including phenoxy) is 1. The Labute approximate surface area is 104 Å². The van der Waals surface area contributed by atoms with Gasteiger partial charge < -0.3 is 15.4 Å². The van der Waals surface area contributed by atoms with E-state index in [1.54, 1.807) is 11.8 Å². The van der Waals surface area contributed by atoms with E-state index in [1.807, 2.05) is 0 Å². The van der Waals surface area contributed by atoms with E-state index in [0.29, 0.717) is 25.3 Å². The highest BCUT2D eigenvalue weighted by atomic mass is 19.1. The van der Waals surface area contributed by atoms with Gasteiger partial charge in [-0.15, -0.1) is 0 Å². The van der Waals surface area contributed by atoms with Gasteiger partial charge in [-0.25, -0.2) is 14.4 Å². The first kappa shape index (κ1) is 12.7. The fourth-order valence-corrected chi connectivity index (χ4v) is 1.94. The average Bonchev–Trinajstić information content (AvgIpc) is 2.39. The van der Waals surface area contributed by atoms with E-state index >= 15 is 0 Å². The minimum Gasteiger partial charge on any atom is -0.377 e. The minimum absolute atomic E-state index is 0.119. The van der Waals surface area contributed by atoms with Crippen LogP contribution >= 0.6 is 0 Å². The number of carbonyl (C=O) groups excluding carboxylic acids is 1. The summed E-state index contributed by atoms with van der Waals surface area (Å²) in [4.78, 5) is 20.7. The Balaban J connectivity index is 2.36. The minimum atomic E-state index is -0.687. The first-order valence-electron chi connectivity index (χ1n) is 5.78. The summed E-state index contributed by atoms with van der Waals surface area (Å²) in [6.07, 6.45) is 1.76. The number of morpholine rings is 1. The summed E-state index contributed by atoms with van der Waals surface area (Å²) >= 11 is 0. The quantitative estimate of drug-likeness (QED) is 0.812. The fourth-order valence-electron chi connectivity index (χ4n) is 1.94. The molecule has 1 aliphatic rings. The molecule has 1 aromatic heterocycles. The summed E-state index contributed by atoms with van der Waals surface area (Å²) in [7, 11) is 0. The lowest BCUT2D eigenvalue weighted by atomic mass is 10.2. The van der Waals surface area contributed by atoms with Gasteiger partial charge >= 0.3 is 0 Å². The van der Waals surface area contributed by atoms with Crippen LogP contribution in [0.15, 0.2) is 6.33 Å². The second-order valence-electron chi connectivity index (χ2n) is 4.00. The largest absolute Gasteiger partial charge is 0.377 e. The van der Waals surface area contributed by atoms with Gasteiger partial charge in [-0.3, -0.25) is 4.79 Å². The van der Waals surface area contributed by atoms with Crippen LogP contribution in [-0.2, 0) is 16.0 Å². The molecule has 1 atom stereocenters. The Bertz CT molecular complexity index is 455. The van der Waals surface area contributed by atoms with Crippen LogP contribution < -0.4 is 10.6 Å². The SMILES string of the molecule is CCc1ncnc(N2CCOC[C@@H]2C(N)=O)c1F. The van der Waals surface area contributed by atoms with Crippen molar-refractivity contribution in [2.24, 2.45) is 5.73 Å². The molecule has 6 nitrogen and oxygen atoms in total. The Morgan fingerprint density at radius 2 is 2.44 bits per heavy atom. The highest BCUT2D eigenvalue weighted by Crippen LogP contribution is 2.22. The van der Waals surface area contributed by atoms with Crippen molar-refractivity contribution in [3.63, 3.8) is 0 Å². The molecule has 0 spiro atoms. The summed E-state index contributed by atoms with van der Waals surface area (Å²) in [5, 5.41) is 0. The number of nitrogens with two attached hydrogens (primary N) is 1. The van der Waals surface area contributed by atoms with Crippen LogP contribution in [0.5, 0.6) is 0 Å². The van der Waals surface area contributed by atoms with Gasteiger partial charge in [0.05, 0.1) is 18.9 Å². The molecule has 18 heavy (non-hydrogen) atoms. The van der Waals surface area contributed by atoms with Crippen molar-refractivity contribution in [1.82, 2.24) is 9.97 Å². The number of hydrogen-bond acceptors (Lipinski definition) is 5. The molecular formula is C11H15FN4O2. The predicted octanol–water partition coefficient (Wildman–Crippen LogP) is -0.131. The molecule has 2 heterocycles. The summed E-state index contributed by atoms with van der Waals surface area (Å²) in [6.45, 7) is 2.75. The molecule has 0 radical (unpaired) electrons. The Kier molecular flexibility index (Phi) is 3.71. The third kappa shape index (κ3) is 2.26. The molecule has 1 aromatic rings. The average molecular weight is 254 g/mol. The monoisotopic (exact) mass is 254 g/mol. The molecule has 2 rings (SSSR count). The highest BCUT2D eigenvalue weighted by molar-refractivity contribution is 5.83. The van der Waals surface area contributed by atoms with Crippen LogP contribution in [0, 0.1) is 5.82 Å². The number of anilines is 1. The van der Waals surface area contributed by atoms with E-state index in [-0.39, 0.29) is 12.4 Å². The van der Waals surface area contributed by atoms with Gasteiger partial charge in [0, 0.05) is 6.54 Å².